The highest BCUT2D eigenvalue weighted by Gasteiger charge is 2.44. The van der Waals surface area contributed by atoms with Gasteiger partial charge < -0.3 is 19.5 Å². The van der Waals surface area contributed by atoms with Crippen LogP contribution in [0.2, 0.25) is 0 Å². The molecule has 8 heteroatoms. The predicted molar refractivity (Wildman–Crippen MR) is 118 cm³/mol. The quantitative estimate of drug-likeness (QED) is 0.600. The molecule has 1 aliphatic carbocycles. The summed E-state index contributed by atoms with van der Waals surface area (Å²) in [5.41, 5.74) is 1.72. The second-order valence-electron chi connectivity index (χ2n) is 7.65. The summed E-state index contributed by atoms with van der Waals surface area (Å²) in [4.78, 5) is 38.2. The van der Waals surface area contributed by atoms with Crippen LogP contribution < -0.4 is 10.1 Å². The standard InChI is InChI=1S/C23H27NO6S/c1-6-29-22(26)18-13(4)19(23(27)30-12(2)3)31-21(18)24-20(25)17-11-16(17)14-7-9-15(28-5)10-8-14/h7-10,12,16-17H,6,11H2,1-5H3,(H,24,25). The molecule has 31 heavy (non-hydrogen) atoms. The number of carbonyl (C=O) groups is 3. The summed E-state index contributed by atoms with van der Waals surface area (Å²) in [6, 6.07) is 7.65. The number of methoxy groups -OCH3 is 1. The number of anilines is 1. The van der Waals surface area contributed by atoms with Crippen LogP contribution in [0.3, 0.4) is 0 Å². The van der Waals surface area contributed by atoms with E-state index < -0.39 is 11.9 Å². The van der Waals surface area contributed by atoms with Gasteiger partial charge in [-0.15, -0.1) is 11.3 Å². The molecule has 1 saturated carbocycles. The zero-order valence-electron chi connectivity index (χ0n) is 18.3. The Hall–Kier alpha value is -2.87. The summed E-state index contributed by atoms with van der Waals surface area (Å²) in [7, 11) is 1.61. The molecule has 1 aliphatic rings. The van der Waals surface area contributed by atoms with Gasteiger partial charge in [-0.05, 0) is 63.3 Å². The Balaban J connectivity index is 1.80. The maximum absolute atomic E-state index is 12.9. The van der Waals surface area contributed by atoms with Gasteiger partial charge in [-0.2, -0.15) is 0 Å². The van der Waals surface area contributed by atoms with E-state index in [2.05, 4.69) is 5.32 Å². The van der Waals surface area contributed by atoms with E-state index in [1.54, 1.807) is 34.8 Å². The highest BCUT2D eigenvalue weighted by atomic mass is 32.1. The maximum Gasteiger partial charge on any atom is 0.348 e. The fourth-order valence-electron chi connectivity index (χ4n) is 3.42. The van der Waals surface area contributed by atoms with Crippen LogP contribution in [0, 0.1) is 12.8 Å². The Morgan fingerprint density at radius 2 is 1.84 bits per heavy atom. The maximum atomic E-state index is 12.9. The molecule has 1 aromatic carbocycles. The van der Waals surface area contributed by atoms with E-state index in [1.165, 1.54) is 0 Å². The van der Waals surface area contributed by atoms with Gasteiger partial charge in [0.05, 0.1) is 25.4 Å². The number of esters is 2. The molecule has 0 saturated heterocycles. The highest BCUT2D eigenvalue weighted by Crippen LogP contribution is 2.48. The SMILES string of the molecule is CCOC(=O)c1c(NC(=O)C2CC2c2ccc(OC)cc2)sc(C(=O)OC(C)C)c1C. The van der Waals surface area contributed by atoms with Crippen molar-refractivity contribution < 1.29 is 28.6 Å². The molecule has 7 nitrogen and oxygen atoms in total. The predicted octanol–water partition coefficient (Wildman–Crippen LogP) is 4.55. The second kappa shape index (κ2) is 9.51. The van der Waals surface area contributed by atoms with Crippen molar-refractivity contribution in [2.24, 2.45) is 5.92 Å². The van der Waals surface area contributed by atoms with Crippen LogP contribution in [0.15, 0.2) is 24.3 Å². The number of thiophene rings is 1. The average Bonchev–Trinajstić information content (AvgIpc) is 3.46. The fourth-order valence-corrected chi connectivity index (χ4v) is 4.50. The van der Waals surface area contributed by atoms with E-state index in [4.69, 9.17) is 14.2 Å². The lowest BCUT2D eigenvalue weighted by Gasteiger charge is -2.07. The molecule has 166 valence electrons. The second-order valence-corrected chi connectivity index (χ2v) is 8.67. The van der Waals surface area contributed by atoms with Crippen molar-refractivity contribution in [3.63, 3.8) is 0 Å². The number of nitrogens with one attached hydrogen (secondary N) is 1. The minimum absolute atomic E-state index is 0.114. The number of hydrogen-bond donors (Lipinski definition) is 1. The van der Waals surface area contributed by atoms with E-state index in [-0.39, 0.29) is 40.9 Å². The highest BCUT2D eigenvalue weighted by molar-refractivity contribution is 7.18. The van der Waals surface area contributed by atoms with Gasteiger partial charge >= 0.3 is 11.9 Å². The van der Waals surface area contributed by atoms with Crippen molar-refractivity contribution in [2.75, 3.05) is 19.0 Å². The summed E-state index contributed by atoms with van der Waals surface area (Å²) in [5.74, 6) is -0.597. The van der Waals surface area contributed by atoms with Gasteiger partial charge in [-0.1, -0.05) is 12.1 Å². The van der Waals surface area contributed by atoms with Crippen LogP contribution in [0.1, 0.15) is 64.3 Å². The van der Waals surface area contributed by atoms with Gasteiger partial charge in [0.15, 0.2) is 0 Å². The van der Waals surface area contributed by atoms with Crippen molar-refractivity contribution >= 4 is 34.2 Å². The van der Waals surface area contributed by atoms with Crippen LogP contribution in [-0.2, 0) is 14.3 Å². The van der Waals surface area contributed by atoms with Crippen molar-refractivity contribution in [1.29, 1.82) is 0 Å². The van der Waals surface area contributed by atoms with E-state index in [0.717, 1.165) is 29.1 Å². The first-order valence-corrected chi connectivity index (χ1v) is 11.0. The van der Waals surface area contributed by atoms with Gasteiger partial charge in [0.1, 0.15) is 15.6 Å². The molecule has 2 aromatic rings. The van der Waals surface area contributed by atoms with Crippen molar-refractivity contribution in [3.05, 3.63) is 45.8 Å². The topological polar surface area (TPSA) is 90.9 Å². The minimum Gasteiger partial charge on any atom is -0.497 e. The van der Waals surface area contributed by atoms with Gasteiger partial charge in [0.2, 0.25) is 5.91 Å². The Kier molecular flexibility index (Phi) is 7.00. The molecule has 1 amide bonds. The Labute approximate surface area is 185 Å². The molecule has 1 heterocycles. The zero-order chi connectivity index (χ0) is 22.7. The van der Waals surface area contributed by atoms with Crippen LogP contribution >= 0.6 is 11.3 Å². The third-order valence-electron chi connectivity index (χ3n) is 5.06. The summed E-state index contributed by atoms with van der Waals surface area (Å²) in [6.07, 6.45) is 0.425. The lowest BCUT2D eigenvalue weighted by Crippen LogP contribution is -2.17. The molecule has 0 spiro atoms. The monoisotopic (exact) mass is 445 g/mol. The zero-order valence-corrected chi connectivity index (χ0v) is 19.1. The molecule has 0 radical (unpaired) electrons. The Morgan fingerprint density at radius 1 is 1.16 bits per heavy atom. The minimum atomic E-state index is -0.572. The molecule has 3 rings (SSSR count). The first-order valence-electron chi connectivity index (χ1n) is 10.2. The van der Waals surface area contributed by atoms with E-state index in [9.17, 15) is 14.4 Å². The first kappa shape index (κ1) is 22.8. The molecule has 0 bridgehead atoms. The molecule has 1 fully saturated rings. The van der Waals surface area contributed by atoms with Gasteiger partial charge in [0, 0.05) is 5.92 Å². The van der Waals surface area contributed by atoms with Crippen LogP contribution in [-0.4, -0.2) is 37.7 Å². The number of rotatable bonds is 8. The van der Waals surface area contributed by atoms with Gasteiger partial charge in [-0.25, -0.2) is 9.59 Å². The number of benzene rings is 1. The molecule has 1 aromatic heterocycles. The Morgan fingerprint density at radius 3 is 2.42 bits per heavy atom. The normalized spacial score (nSPS) is 17.2. The van der Waals surface area contributed by atoms with Crippen molar-refractivity contribution in [1.82, 2.24) is 0 Å². The van der Waals surface area contributed by atoms with E-state index in [1.807, 2.05) is 24.3 Å². The summed E-state index contributed by atoms with van der Waals surface area (Å²) in [6.45, 7) is 7.06. The largest absolute Gasteiger partial charge is 0.497 e. The van der Waals surface area contributed by atoms with E-state index >= 15 is 0 Å². The third kappa shape index (κ3) is 5.07. The summed E-state index contributed by atoms with van der Waals surface area (Å²) in [5, 5.41) is 3.17. The third-order valence-corrected chi connectivity index (χ3v) is 6.25. The molecule has 2 unspecified atom stereocenters. The van der Waals surface area contributed by atoms with Crippen LogP contribution in [0.4, 0.5) is 5.00 Å². The van der Waals surface area contributed by atoms with E-state index in [0.29, 0.717) is 10.6 Å². The number of hydrogen-bond acceptors (Lipinski definition) is 7. The number of amides is 1. The number of ether oxygens (including phenoxy) is 3. The molecule has 0 aliphatic heterocycles. The first-order chi connectivity index (χ1) is 14.8. The Bertz CT molecular complexity index is 979. The summed E-state index contributed by atoms with van der Waals surface area (Å²) < 4.78 is 15.6. The van der Waals surface area contributed by atoms with Crippen molar-refractivity contribution in [3.8, 4) is 5.75 Å². The summed E-state index contributed by atoms with van der Waals surface area (Å²) >= 11 is 1.04. The van der Waals surface area contributed by atoms with Crippen LogP contribution in [0.25, 0.3) is 0 Å². The fraction of sp³-hybridized carbons (Fsp3) is 0.435. The van der Waals surface area contributed by atoms with Crippen LogP contribution in [0.5, 0.6) is 5.75 Å². The van der Waals surface area contributed by atoms with Crippen molar-refractivity contribution in [2.45, 2.75) is 46.1 Å². The molecule has 2 atom stereocenters. The smallest absolute Gasteiger partial charge is 0.348 e. The molecular weight excluding hydrogens is 418 g/mol. The number of carbonyl (C=O) groups excluding carboxylic acids is 3. The van der Waals surface area contributed by atoms with Gasteiger partial charge in [0.25, 0.3) is 0 Å². The molecule has 1 N–H and O–H groups in total. The lowest BCUT2D eigenvalue weighted by atomic mass is 10.1. The van der Waals surface area contributed by atoms with Gasteiger partial charge in [-0.3, -0.25) is 4.79 Å². The molecular formula is C23H27NO6S. The lowest BCUT2D eigenvalue weighted by molar-refractivity contribution is -0.117. The average molecular weight is 446 g/mol.